The first kappa shape index (κ1) is 20.8. The maximum atomic E-state index is 5.66. The number of morpholine rings is 2. The number of aromatic nitrogens is 4. The van der Waals surface area contributed by atoms with Crippen molar-refractivity contribution in [2.75, 3.05) is 56.4 Å². The number of nitrogens with zero attached hydrogens (tertiary/aromatic N) is 6. The van der Waals surface area contributed by atoms with Crippen LogP contribution in [0.15, 0.2) is 30.5 Å². The zero-order chi connectivity index (χ0) is 22.1. The van der Waals surface area contributed by atoms with Gasteiger partial charge in [0.05, 0.1) is 56.7 Å². The molecule has 0 N–H and O–H groups in total. The van der Waals surface area contributed by atoms with E-state index in [1.165, 1.54) is 0 Å². The van der Waals surface area contributed by atoms with Crippen molar-refractivity contribution < 1.29 is 14.2 Å². The minimum absolute atomic E-state index is 0.199. The van der Waals surface area contributed by atoms with E-state index in [-0.39, 0.29) is 12.1 Å². The molecule has 2 fully saturated rings. The van der Waals surface area contributed by atoms with Gasteiger partial charge >= 0.3 is 0 Å². The molecule has 0 aliphatic carbocycles. The first-order valence-corrected chi connectivity index (χ1v) is 11.0. The predicted octanol–water partition coefficient (Wildman–Crippen LogP) is 2.55. The lowest BCUT2D eigenvalue weighted by atomic mass is 10.1. The molecule has 2 atom stereocenters. The molecule has 32 heavy (non-hydrogen) atoms. The van der Waals surface area contributed by atoms with Gasteiger partial charge in [-0.25, -0.2) is 9.97 Å². The third kappa shape index (κ3) is 3.93. The van der Waals surface area contributed by atoms with Crippen LogP contribution >= 0.6 is 0 Å². The van der Waals surface area contributed by atoms with Crippen LogP contribution in [0.4, 0.5) is 11.8 Å². The van der Waals surface area contributed by atoms with E-state index in [4.69, 9.17) is 29.2 Å². The number of anilines is 2. The Morgan fingerprint density at radius 2 is 1.66 bits per heavy atom. The molecule has 0 aromatic carbocycles. The summed E-state index contributed by atoms with van der Waals surface area (Å²) in [6.45, 7) is 8.53. The van der Waals surface area contributed by atoms with Gasteiger partial charge < -0.3 is 24.0 Å². The lowest BCUT2D eigenvalue weighted by molar-refractivity contribution is 0.0973. The van der Waals surface area contributed by atoms with Gasteiger partial charge in [0.15, 0.2) is 5.65 Å². The van der Waals surface area contributed by atoms with Crippen molar-refractivity contribution in [3.63, 3.8) is 0 Å². The van der Waals surface area contributed by atoms with Gasteiger partial charge in [0, 0.05) is 30.9 Å². The zero-order valence-electron chi connectivity index (χ0n) is 18.7. The van der Waals surface area contributed by atoms with Crippen LogP contribution < -0.4 is 14.5 Å². The fourth-order valence-electron chi connectivity index (χ4n) is 4.21. The van der Waals surface area contributed by atoms with Gasteiger partial charge in [-0.1, -0.05) is 0 Å². The fraction of sp³-hybridized carbons (Fsp3) is 0.478. The summed E-state index contributed by atoms with van der Waals surface area (Å²) >= 11 is 0. The summed E-state index contributed by atoms with van der Waals surface area (Å²) in [4.78, 5) is 23.7. The molecular formula is C23H28N6O3. The predicted molar refractivity (Wildman–Crippen MR) is 122 cm³/mol. The molecule has 2 saturated heterocycles. The third-order valence-electron chi connectivity index (χ3n) is 6.03. The maximum absolute atomic E-state index is 5.66. The highest BCUT2D eigenvalue weighted by Gasteiger charge is 2.27. The van der Waals surface area contributed by atoms with Crippen LogP contribution in [-0.4, -0.2) is 78.6 Å². The quantitative estimate of drug-likeness (QED) is 0.612. The van der Waals surface area contributed by atoms with Crippen molar-refractivity contribution in [3.8, 4) is 17.1 Å². The second-order valence-electron chi connectivity index (χ2n) is 8.24. The van der Waals surface area contributed by atoms with Crippen LogP contribution in [0.1, 0.15) is 13.8 Å². The largest absolute Gasteiger partial charge is 0.481 e. The van der Waals surface area contributed by atoms with Gasteiger partial charge in [-0.15, -0.1) is 0 Å². The lowest BCUT2D eigenvalue weighted by Crippen LogP contribution is -2.46. The van der Waals surface area contributed by atoms with E-state index in [0.29, 0.717) is 43.9 Å². The fourth-order valence-corrected chi connectivity index (χ4v) is 4.21. The van der Waals surface area contributed by atoms with E-state index in [1.54, 1.807) is 13.3 Å². The molecule has 168 valence electrons. The first-order valence-electron chi connectivity index (χ1n) is 11.0. The summed E-state index contributed by atoms with van der Waals surface area (Å²) in [7, 11) is 1.61. The average molecular weight is 437 g/mol. The van der Waals surface area contributed by atoms with Crippen molar-refractivity contribution in [1.29, 1.82) is 0 Å². The highest BCUT2D eigenvalue weighted by molar-refractivity contribution is 5.90. The summed E-state index contributed by atoms with van der Waals surface area (Å²) < 4.78 is 16.5. The molecule has 0 bridgehead atoms. The molecule has 5 rings (SSSR count). The Kier molecular flexibility index (Phi) is 5.75. The van der Waals surface area contributed by atoms with Crippen molar-refractivity contribution in [3.05, 3.63) is 30.5 Å². The van der Waals surface area contributed by atoms with Crippen LogP contribution in [0.5, 0.6) is 5.88 Å². The number of hydrogen-bond donors (Lipinski definition) is 0. The number of ether oxygens (including phenoxy) is 3. The number of methoxy groups -OCH3 is 1. The Morgan fingerprint density at radius 1 is 0.906 bits per heavy atom. The second kappa shape index (κ2) is 8.84. The van der Waals surface area contributed by atoms with Gasteiger partial charge in [0.25, 0.3) is 0 Å². The monoisotopic (exact) mass is 436 g/mol. The van der Waals surface area contributed by atoms with E-state index >= 15 is 0 Å². The van der Waals surface area contributed by atoms with Crippen molar-refractivity contribution in [2.45, 2.75) is 25.9 Å². The van der Waals surface area contributed by atoms with Gasteiger partial charge in [-0.2, -0.15) is 9.97 Å². The topological polar surface area (TPSA) is 85.7 Å². The molecule has 2 aliphatic rings. The molecule has 0 spiro atoms. The van der Waals surface area contributed by atoms with Crippen molar-refractivity contribution in [2.24, 2.45) is 0 Å². The van der Waals surface area contributed by atoms with Gasteiger partial charge in [0.2, 0.25) is 11.8 Å². The minimum Gasteiger partial charge on any atom is -0.481 e. The number of hydrogen-bond acceptors (Lipinski definition) is 9. The van der Waals surface area contributed by atoms with E-state index < -0.39 is 0 Å². The lowest BCUT2D eigenvalue weighted by Gasteiger charge is -2.37. The van der Waals surface area contributed by atoms with Crippen LogP contribution in [0.2, 0.25) is 0 Å². The summed E-state index contributed by atoms with van der Waals surface area (Å²) in [5.41, 5.74) is 2.40. The van der Waals surface area contributed by atoms with E-state index in [9.17, 15) is 0 Å². The van der Waals surface area contributed by atoms with Crippen LogP contribution in [0.25, 0.3) is 22.3 Å². The second-order valence-corrected chi connectivity index (χ2v) is 8.24. The number of rotatable bonds is 4. The Bertz CT molecular complexity index is 1090. The molecule has 3 aromatic rings. The molecule has 5 heterocycles. The summed E-state index contributed by atoms with van der Waals surface area (Å²) in [5.74, 6) is 2.18. The molecular weight excluding hydrogens is 408 g/mol. The van der Waals surface area contributed by atoms with E-state index in [1.807, 2.05) is 18.2 Å². The SMILES string of the molecule is COc1ccc(-c2ccc3c(N4CCOC[C@@H]4C)nc(N4CCOC[C@@H]4C)nc3n2)cn1. The van der Waals surface area contributed by atoms with Crippen LogP contribution in [0.3, 0.4) is 0 Å². The minimum atomic E-state index is 0.199. The maximum Gasteiger partial charge on any atom is 0.229 e. The summed E-state index contributed by atoms with van der Waals surface area (Å²) in [6.07, 6.45) is 1.77. The Hall–Kier alpha value is -3.04. The number of fused-ring (bicyclic) bond motifs is 1. The number of pyridine rings is 2. The Labute approximate surface area is 187 Å². The molecule has 2 aliphatic heterocycles. The molecule has 0 saturated carbocycles. The highest BCUT2D eigenvalue weighted by atomic mass is 16.5. The summed E-state index contributed by atoms with van der Waals surface area (Å²) in [6, 6.07) is 8.28. The van der Waals surface area contributed by atoms with Gasteiger partial charge in [-0.05, 0) is 32.0 Å². The van der Waals surface area contributed by atoms with Gasteiger partial charge in [0.1, 0.15) is 5.82 Å². The van der Waals surface area contributed by atoms with Crippen LogP contribution in [0, 0.1) is 0 Å². The molecule has 0 radical (unpaired) electrons. The normalized spacial score (nSPS) is 21.7. The average Bonchev–Trinajstić information content (AvgIpc) is 2.84. The van der Waals surface area contributed by atoms with Crippen molar-refractivity contribution in [1.82, 2.24) is 19.9 Å². The molecule has 0 amide bonds. The van der Waals surface area contributed by atoms with Gasteiger partial charge in [-0.3, -0.25) is 0 Å². The molecule has 9 heteroatoms. The molecule has 0 unspecified atom stereocenters. The summed E-state index contributed by atoms with van der Waals surface area (Å²) in [5, 5.41) is 0.939. The first-order chi connectivity index (χ1) is 15.6. The molecule has 9 nitrogen and oxygen atoms in total. The standard InChI is InChI=1S/C23H28N6O3/c1-15-13-31-10-8-28(15)22-18-5-6-19(17-4-7-20(30-3)24-12-17)25-21(18)26-23(27-22)29-9-11-32-14-16(29)2/h4-7,12,15-16H,8-11,13-14H2,1-3H3/t15-,16-/m0/s1. The zero-order valence-corrected chi connectivity index (χ0v) is 18.7. The Balaban J connectivity index is 1.63. The van der Waals surface area contributed by atoms with Crippen molar-refractivity contribution >= 4 is 22.8 Å². The van der Waals surface area contributed by atoms with Crippen LogP contribution in [-0.2, 0) is 9.47 Å². The smallest absolute Gasteiger partial charge is 0.229 e. The van der Waals surface area contributed by atoms with E-state index in [2.05, 4.69) is 34.7 Å². The highest BCUT2D eigenvalue weighted by Crippen LogP contribution is 2.31. The van der Waals surface area contributed by atoms with E-state index in [0.717, 1.165) is 35.6 Å². The molecule has 3 aromatic heterocycles. The third-order valence-corrected chi connectivity index (χ3v) is 6.03. The Morgan fingerprint density at radius 3 is 2.31 bits per heavy atom.